The van der Waals surface area contributed by atoms with Crippen LogP contribution in [0.4, 0.5) is 10.5 Å². The van der Waals surface area contributed by atoms with Crippen molar-refractivity contribution < 1.29 is 19.0 Å². The minimum absolute atomic E-state index is 0.393. The van der Waals surface area contributed by atoms with Crippen LogP contribution in [0.15, 0.2) is 36.2 Å². The van der Waals surface area contributed by atoms with Gasteiger partial charge in [-0.3, -0.25) is 0 Å². The SMILES string of the molecule is CCO/C(=C\Nc1cccc(CNC(=O)OC(C)(C)C)c1)COC. The molecule has 0 aromatic heterocycles. The van der Waals surface area contributed by atoms with E-state index in [1.165, 1.54) is 0 Å². The molecule has 0 spiro atoms. The van der Waals surface area contributed by atoms with E-state index >= 15 is 0 Å². The molecular formula is C18H28N2O4. The van der Waals surface area contributed by atoms with E-state index in [9.17, 15) is 4.79 Å². The molecule has 0 aliphatic heterocycles. The fourth-order valence-electron chi connectivity index (χ4n) is 1.88. The Morgan fingerprint density at radius 2 is 2.04 bits per heavy atom. The Labute approximate surface area is 144 Å². The van der Waals surface area contributed by atoms with E-state index in [2.05, 4.69) is 10.6 Å². The molecule has 0 saturated heterocycles. The van der Waals surface area contributed by atoms with Gasteiger partial charge in [-0.15, -0.1) is 0 Å². The maximum absolute atomic E-state index is 11.7. The van der Waals surface area contributed by atoms with Gasteiger partial charge in [-0.2, -0.15) is 0 Å². The summed E-state index contributed by atoms with van der Waals surface area (Å²) in [5.41, 5.74) is 1.35. The minimum Gasteiger partial charge on any atom is -0.494 e. The van der Waals surface area contributed by atoms with E-state index in [1.54, 1.807) is 13.3 Å². The van der Waals surface area contributed by atoms with Crippen LogP contribution < -0.4 is 10.6 Å². The van der Waals surface area contributed by atoms with Gasteiger partial charge in [0.25, 0.3) is 0 Å². The number of carbonyl (C=O) groups excluding carboxylic acids is 1. The van der Waals surface area contributed by atoms with Gasteiger partial charge in [0.05, 0.1) is 6.61 Å². The first-order valence-corrected chi connectivity index (χ1v) is 7.97. The first-order valence-electron chi connectivity index (χ1n) is 7.97. The molecule has 24 heavy (non-hydrogen) atoms. The van der Waals surface area contributed by atoms with Crippen LogP contribution in [0.5, 0.6) is 0 Å². The van der Waals surface area contributed by atoms with Gasteiger partial charge in [0, 0.05) is 25.5 Å². The van der Waals surface area contributed by atoms with Crippen LogP contribution >= 0.6 is 0 Å². The van der Waals surface area contributed by atoms with Crippen molar-refractivity contribution in [1.82, 2.24) is 5.32 Å². The van der Waals surface area contributed by atoms with Crippen LogP contribution in [-0.4, -0.2) is 32.0 Å². The van der Waals surface area contributed by atoms with Crippen LogP contribution in [0.25, 0.3) is 0 Å². The molecule has 0 heterocycles. The summed E-state index contributed by atoms with van der Waals surface area (Å²) in [5.74, 6) is 0.720. The van der Waals surface area contributed by atoms with E-state index in [-0.39, 0.29) is 0 Å². The van der Waals surface area contributed by atoms with Gasteiger partial charge in [0.2, 0.25) is 0 Å². The molecule has 1 aromatic rings. The number of rotatable bonds is 8. The topological polar surface area (TPSA) is 68.8 Å². The molecule has 6 nitrogen and oxygen atoms in total. The number of anilines is 1. The summed E-state index contributed by atoms with van der Waals surface area (Å²) in [6.07, 6.45) is 1.34. The van der Waals surface area contributed by atoms with E-state index in [0.29, 0.717) is 19.8 Å². The van der Waals surface area contributed by atoms with Gasteiger partial charge in [0.1, 0.15) is 18.0 Å². The second kappa shape index (κ2) is 9.82. The lowest BCUT2D eigenvalue weighted by Gasteiger charge is -2.19. The lowest BCUT2D eigenvalue weighted by Crippen LogP contribution is -2.32. The summed E-state index contributed by atoms with van der Waals surface area (Å²) < 4.78 is 15.8. The predicted molar refractivity (Wildman–Crippen MR) is 94.7 cm³/mol. The Kier molecular flexibility index (Phi) is 8.12. The summed E-state index contributed by atoms with van der Waals surface area (Å²) >= 11 is 0. The van der Waals surface area contributed by atoms with Gasteiger partial charge < -0.3 is 24.8 Å². The summed E-state index contributed by atoms with van der Waals surface area (Å²) in [4.78, 5) is 11.7. The molecule has 0 aliphatic carbocycles. The second-order valence-corrected chi connectivity index (χ2v) is 6.18. The van der Waals surface area contributed by atoms with Crippen molar-refractivity contribution in [3.63, 3.8) is 0 Å². The van der Waals surface area contributed by atoms with Gasteiger partial charge in [-0.1, -0.05) is 12.1 Å². The highest BCUT2D eigenvalue weighted by atomic mass is 16.6. The zero-order chi connectivity index (χ0) is 18.0. The summed E-state index contributed by atoms with van der Waals surface area (Å²) in [5, 5.41) is 5.91. The van der Waals surface area contributed by atoms with E-state index < -0.39 is 11.7 Å². The van der Waals surface area contributed by atoms with E-state index in [0.717, 1.165) is 17.0 Å². The monoisotopic (exact) mass is 336 g/mol. The highest BCUT2D eigenvalue weighted by molar-refractivity contribution is 5.67. The van der Waals surface area contributed by atoms with E-state index in [4.69, 9.17) is 14.2 Å². The number of hydrogen-bond acceptors (Lipinski definition) is 5. The van der Waals surface area contributed by atoms with Crippen LogP contribution in [0.1, 0.15) is 33.3 Å². The molecule has 1 rings (SSSR count). The standard InChI is InChI=1S/C18H28N2O4/c1-6-23-16(13-22-5)12-19-15-9-7-8-14(10-15)11-20-17(21)24-18(2,3)4/h7-10,12,19H,6,11,13H2,1-5H3,(H,20,21)/b16-12-. The molecule has 0 aliphatic rings. The van der Waals surface area contributed by atoms with Crippen LogP contribution in [0.2, 0.25) is 0 Å². The second-order valence-electron chi connectivity index (χ2n) is 6.18. The largest absolute Gasteiger partial charge is 0.494 e. The Morgan fingerprint density at radius 1 is 1.29 bits per heavy atom. The third kappa shape index (κ3) is 8.43. The molecule has 0 radical (unpaired) electrons. The molecule has 134 valence electrons. The normalized spacial score (nSPS) is 11.8. The van der Waals surface area contributed by atoms with Gasteiger partial charge in [0.15, 0.2) is 0 Å². The first kappa shape index (κ1) is 19.8. The van der Waals surface area contributed by atoms with Crippen molar-refractivity contribution in [2.24, 2.45) is 0 Å². The molecule has 2 N–H and O–H groups in total. The van der Waals surface area contributed by atoms with Crippen molar-refractivity contribution in [2.45, 2.75) is 39.8 Å². The molecule has 0 saturated carbocycles. The van der Waals surface area contributed by atoms with Gasteiger partial charge >= 0.3 is 6.09 Å². The number of hydrogen-bond donors (Lipinski definition) is 2. The fraction of sp³-hybridized carbons (Fsp3) is 0.500. The number of methoxy groups -OCH3 is 1. The smallest absolute Gasteiger partial charge is 0.407 e. The molecule has 1 amide bonds. The van der Waals surface area contributed by atoms with Crippen LogP contribution in [0.3, 0.4) is 0 Å². The zero-order valence-corrected chi connectivity index (χ0v) is 15.1. The number of amides is 1. The fourth-order valence-corrected chi connectivity index (χ4v) is 1.88. The number of benzene rings is 1. The van der Waals surface area contributed by atoms with Gasteiger partial charge in [-0.25, -0.2) is 4.79 Å². The average molecular weight is 336 g/mol. The summed E-state index contributed by atoms with van der Waals surface area (Å²) in [6, 6.07) is 7.73. The molecular weight excluding hydrogens is 308 g/mol. The number of ether oxygens (including phenoxy) is 3. The maximum atomic E-state index is 11.7. The molecule has 0 bridgehead atoms. The Bertz CT molecular complexity index is 542. The first-order chi connectivity index (χ1) is 11.3. The van der Waals surface area contributed by atoms with Crippen molar-refractivity contribution in [3.8, 4) is 0 Å². The van der Waals surface area contributed by atoms with Crippen molar-refractivity contribution in [3.05, 3.63) is 41.8 Å². The van der Waals surface area contributed by atoms with Crippen LogP contribution in [0, 0.1) is 0 Å². The highest BCUT2D eigenvalue weighted by Gasteiger charge is 2.15. The quantitative estimate of drug-likeness (QED) is 0.709. The average Bonchev–Trinajstić information content (AvgIpc) is 2.50. The highest BCUT2D eigenvalue weighted by Crippen LogP contribution is 2.12. The Hall–Kier alpha value is -2.21. The maximum Gasteiger partial charge on any atom is 0.407 e. The number of alkyl carbamates (subject to hydrolysis) is 1. The minimum atomic E-state index is -0.505. The van der Waals surface area contributed by atoms with Gasteiger partial charge in [-0.05, 0) is 45.4 Å². The zero-order valence-electron chi connectivity index (χ0n) is 15.1. The van der Waals surface area contributed by atoms with Crippen molar-refractivity contribution in [2.75, 3.05) is 25.6 Å². The number of nitrogens with one attached hydrogen (secondary N) is 2. The summed E-state index contributed by atoms with van der Waals surface area (Å²) in [7, 11) is 1.62. The molecule has 6 heteroatoms. The summed E-state index contributed by atoms with van der Waals surface area (Å²) in [6.45, 7) is 8.80. The number of carbonyl (C=O) groups is 1. The third-order valence-corrected chi connectivity index (χ3v) is 2.78. The third-order valence-electron chi connectivity index (χ3n) is 2.78. The van der Waals surface area contributed by atoms with Crippen molar-refractivity contribution >= 4 is 11.8 Å². The lowest BCUT2D eigenvalue weighted by atomic mass is 10.2. The molecule has 0 unspecified atom stereocenters. The van der Waals surface area contributed by atoms with E-state index in [1.807, 2.05) is 52.0 Å². The lowest BCUT2D eigenvalue weighted by molar-refractivity contribution is 0.0523. The molecule has 0 atom stereocenters. The molecule has 1 aromatic carbocycles. The molecule has 0 fully saturated rings. The Balaban J connectivity index is 2.60. The Morgan fingerprint density at radius 3 is 2.67 bits per heavy atom. The van der Waals surface area contributed by atoms with Crippen LogP contribution in [-0.2, 0) is 20.8 Å². The predicted octanol–water partition coefficient (Wildman–Crippen LogP) is 3.65. The van der Waals surface area contributed by atoms with Crippen molar-refractivity contribution in [1.29, 1.82) is 0 Å².